The summed E-state index contributed by atoms with van der Waals surface area (Å²) in [6.07, 6.45) is 0.376. The molecule has 1 aromatic carbocycles. The predicted octanol–water partition coefficient (Wildman–Crippen LogP) is 3.27. The van der Waals surface area contributed by atoms with E-state index < -0.39 is 17.7 Å². The Morgan fingerprint density at radius 2 is 2.08 bits per heavy atom. The van der Waals surface area contributed by atoms with E-state index in [0.29, 0.717) is 41.0 Å². The first-order valence-electron chi connectivity index (χ1n) is 12.8. The molecule has 5 rings (SSSR count). The highest BCUT2D eigenvalue weighted by Gasteiger charge is 2.46. The number of benzene rings is 1. The van der Waals surface area contributed by atoms with Crippen molar-refractivity contribution in [3.05, 3.63) is 69.2 Å². The van der Waals surface area contributed by atoms with E-state index in [4.69, 9.17) is 25.0 Å². The molecule has 0 spiro atoms. The zero-order chi connectivity index (χ0) is 27.9. The molecule has 0 aliphatic carbocycles. The number of amides is 1. The molecule has 204 valence electrons. The number of pyridine rings is 2. The summed E-state index contributed by atoms with van der Waals surface area (Å²) < 4.78 is 18.3. The van der Waals surface area contributed by atoms with Crippen molar-refractivity contribution in [1.29, 1.82) is 0 Å². The van der Waals surface area contributed by atoms with Crippen molar-refractivity contribution in [2.45, 2.75) is 58.3 Å². The van der Waals surface area contributed by atoms with Gasteiger partial charge < -0.3 is 23.9 Å². The number of nitrogens with zero attached hydrogens (tertiary/aromatic N) is 2. The first-order valence-corrected chi connectivity index (χ1v) is 12.8. The first kappa shape index (κ1) is 26.2. The van der Waals surface area contributed by atoms with E-state index in [1.54, 1.807) is 22.8 Å². The standard InChI is InChI=1S/C28H30N4O7/c1-4-17-18-11-16(33)8-9-22(18)30-25-19(17)13-32-23(25)12-21-20(26(32)35)14-38-15(3)28(21,5-2)39-24(34)7-6-10-37-27(36)31-29/h8-9,11-12,33H,3-7,10,13-14,29H2,1-2H3,(H,31,36)/t28-/m1/s1. The van der Waals surface area contributed by atoms with Crippen molar-refractivity contribution in [3.8, 4) is 17.1 Å². The number of carbonyl (C=O) groups excluding carboxylic acids is 2. The number of phenolic OH excluding ortho intramolecular Hbond substituents is 1. The second-order valence-electron chi connectivity index (χ2n) is 9.54. The van der Waals surface area contributed by atoms with E-state index in [-0.39, 0.29) is 49.5 Å². The number of aromatic nitrogens is 2. The van der Waals surface area contributed by atoms with Crippen LogP contribution in [0.4, 0.5) is 4.79 Å². The minimum Gasteiger partial charge on any atom is -0.508 e. The number of aromatic hydroxyl groups is 1. The Morgan fingerprint density at radius 3 is 2.79 bits per heavy atom. The molecule has 2 aliphatic heterocycles. The number of phenols is 1. The van der Waals surface area contributed by atoms with Gasteiger partial charge in [-0.1, -0.05) is 20.4 Å². The van der Waals surface area contributed by atoms with Gasteiger partial charge in [-0.05, 0) is 49.1 Å². The van der Waals surface area contributed by atoms with Gasteiger partial charge in [0.2, 0.25) is 0 Å². The number of nitrogens with two attached hydrogens (primary N) is 1. The second kappa shape index (κ2) is 10.1. The second-order valence-corrected chi connectivity index (χ2v) is 9.54. The largest absolute Gasteiger partial charge is 0.508 e. The summed E-state index contributed by atoms with van der Waals surface area (Å²) in [7, 11) is 0. The molecule has 4 N–H and O–H groups in total. The Kier molecular flexibility index (Phi) is 6.77. The van der Waals surface area contributed by atoms with Crippen molar-refractivity contribution in [2.75, 3.05) is 6.61 Å². The van der Waals surface area contributed by atoms with Crippen molar-refractivity contribution in [3.63, 3.8) is 0 Å². The molecule has 0 radical (unpaired) electrons. The lowest BCUT2D eigenvalue weighted by molar-refractivity contribution is -0.164. The third-order valence-electron chi connectivity index (χ3n) is 7.44. The minimum atomic E-state index is -1.37. The van der Waals surface area contributed by atoms with Crippen LogP contribution in [0.3, 0.4) is 0 Å². The average molecular weight is 535 g/mol. The number of hydrogen-bond acceptors (Lipinski definition) is 9. The smallest absolute Gasteiger partial charge is 0.421 e. The molecule has 11 nitrogen and oxygen atoms in total. The van der Waals surface area contributed by atoms with Crippen molar-refractivity contribution >= 4 is 23.0 Å². The lowest BCUT2D eigenvalue weighted by Crippen LogP contribution is -2.42. The lowest BCUT2D eigenvalue weighted by Gasteiger charge is -2.39. The molecule has 2 aliphatic rings. The zero-order valence-electron chi connectivity index (χ0n) is 21.8. The molecule has 4 heterocycles. The normalized spacial score (nSPS) is 17.2. The first-order chi connectivity index (χ1) is 18.7. The highest BCUT2D eigenvalue weighted by molar-refractivity contribution is 5.89. The monoisotopic (exact) mass is 534 g/mol. The van der Waals surface area contributed by atoms with Gasteiger partial charge in [0.1, 0.15) is 18.1 Å². The minimum absolute atomic E-state index is 0.00881. The molecule has 3 aromatic rings. The summed E-state index contributed by atoms with van der Waals surface area (Å²) in [6, 6.07) is 6.91. The van der Waals surface area contributed by atoms with Gasteiger partial charge in [-0.2, -0.15) is 0 Å². The molecule has 1 atom stereocenters. The van der Waals surface area contributed by atoms with Crippen LogP contribution in [0.1, 0.15) is 55.4 Å². The quantitative estimate of drug-likeness (QED) is 0.106. The van der Waals surface area contributed by atoms with E-state index >= 15 is 0 Å². The van der Waals surface area contributed by atoms with Crippen LogP contribution in [0.2, 0.25) is 0 Å². The topological polar surface area (TPSA) is 155 Å². The summed E-state index contributed by atoms with van der Waals surface area (Å²) in [4.78, 5) is 42.7. The van der Waals surface area contributed by atoms with Crippen LogP contribution < -0.4 is 16.8 Å². The highest BCUT2D eigenvalue weighted by atomic mass is 16.6. The SMILES string of the molecule is C=C1OCc2c(cc3n(c2=O)Cc2c-3nc3ccc(O)cc3c2CC)[C@]1(CC)OC(=O)CCCOC(=O)NN. The summed E-state index contributed by atoms with van der Waals surface area (Å²) in [5.41, 5.74) is 5.15. The van der Waals surface area contributed by atoms with Gasteiger partial charge in [0.05, 0.1) is 35.6 Å². The molecule has 11 heteroatoms. The molecule has 0 fully saturated rings. The zero-order valence-corrected chi connectivity index (χ0v) is 21.8. The fraction of sp³-hybridized carbons (Fsp3) is 0.357. The molecule has 39 heavy (non-hydrogen) atoms. The molecule has 1 amide bonds. The van der Waals surface area contributed by atoms with Crippen LogP contribution in [0.25, 0.3) is 22.3 Å². The van der Waals surface area contributed by atoms with Crippen LogP contribution in [0.5, 0.6) is 5.75 Å². The average Bonchev–Trinajstić information content (AvgIpc) is 3.30. The Hall–Kier alpha value is -4.38. The van der Waals surface area contributed by atoms with Crippen LogP contribution in [0.15, 0.2) is 41.4 Å². The number of esters is 1. The molecule has 2 aromatic heterocycles. The van der Waals surface area contributed by atoms with E-state index in [1.165, 1.54) is 0 Å². The number of aryl methyl sites for hydroxylation is 1. The number of rotatable bonds is 7. The Balaban J connectivity index is 1.56. The van der Waals surface area contributed by atoms with Crippen LogP contribution in [-0.4, -0.2) is 33.3 Å². The Morgan fingerprint density at radius 1 is 1.28 bits per heavy atom. The molecule has 0 saturated carbocycles. The summed E-state index contributed by atoms with van der Waals surface area (Å²) >= 11 is 0. The molecule has 0 saturated heterocycles. The van der Waals surface area contributed by atoms with E-state index in [0.717, 1.165) is 16.5 Å². The molecule has 0 bridgehead atoms. The highest BCUT2D eigenvalue weighted by Crippen LogP contribution is 2.45. The van der Waals surface area contributed by atoms with Crippen molar-refractivity contribution in [2.24, 2.45) is 5.84 Å². The number of carbonyl (C=O) groups is 2. The maximum Gasteiger partial charge on any atom is 0.421 e. The molecule has 0 unspecified atom stereocenters. The van der Waals surface area contributed by atoms with Crippen LogP contribution in [-0.2, 0) is 44.2 Å². The number of hydrazine groups is 1. The number of ether oxygens (including phenoxy) is 3. The van der Waals surface area contributed by atoms with Gasteiger partial charge in [-0.3, -0.25) is 15.0 Å². The van der Waals surface area contributed by atoms with E-state index in [1.807, 2.05) is 25.3 Å². The van der Waals surface area contributed by atoms with Gasteiger partial charge >= 0.3 is 12.1 Å². The maximum atomic E-state index is 13.8. The van der Waals surface area contributed by atoms with Crippen LogP contribution >= 0.6 is 0 Å². The Labute approximate surface area is 224 Å². The number of hydrogen-bond donors (Lipinski definition) is 3. The lowest BCUT2D eigenvalue weighted by atomic mass is 9.84. The van der Waals surface area contributed by atoms with Gasteiger partial charge in [0.15, 0.2) is 5.60 Å². The predicted molar refractivity (Wildman–Crippen MR) is 141 cm³/mol. The third kappa shape index (κ3) is 4.28. The summed E-state index contributed by atoms with van der Waals surface area (Å²) in [5.74, 6) is 4.82. The van der Waals surface area contributed by atoms with Crippen molar-refractivity contribution in [1.82, 2.24) is 15.0 Å². The molecular weight excluding hydrogens is 504 g/mol. The number of fused-ring (bicyclic) bond motifs is 5. The van der Waals surface area contributed by atoms with Gasteiger partial charge in [-0.25, -0.2) is 15.6 Å². The number of nitrogens with one attached hydrogen (secondary N) is 1. The van der Waals surface area contributed by atoms with Gasteiger partial charge in [0.25, 0.3) is 5.56 Å². The fourth-order valence-corrected chi connectivity index (χ4v) is 5.51. The maximum absolute atomic E-state index is 13.8. The van der Waals surface area contributed by atoms with E-state index in [9.17, 15) is 19.5 Å². The molecular formula is C28H30N4O7. The van der Waals surface area contributed by atoms with Crippen LogP contribution in [0, 0.1) is 0 Å². The third-order valence-corrected chi connectivity index (χ3v) is 7.44. The van der Waals surface area contributed by atoms with Gasteiger partial charge in [-0.15, -0.1) is 0 Å². The summed E-state index contributed by atoms with van der Waals surface area (Å²) in [5, 5.41) is 10.9. The van der Waals surface area contributed by atoms with Crippen molar-refractivity contribution < 1.29 is 28.9 Å². The van der Waals surface area contributed by atoms with E-state index in [2.05, 4.69) is 6.58 Å². The van der Waals surface area contributed by atoms with Gasteiger partial charge in [0, 0.05) is 22.9 Å². The fourth-order valence-electron chi connectivity index (χ4n) is 5.51. The Bertz CT molecular complexity index is 1580. The summed E-state index contributed by atoms with van der Waals surface area (Å²) in [6.45, 7) is 8.22.